The minimum Gasteiger partial charge on any atom is -0.505 e. The highest BCUT2D eigenvalue weighted by Crippen LogP contribution is 2.40. The molecular formula is C15H10Cl2O3. The van der Waals surface area contributed by atoms with Gasteiger partial charge in [-0.2, -0.15) is 0 Å². The molecule has 0 fully saturated rings. The van der Waals surface area contributed by atoms with Gasteiger partial charge in [0.25, 0.3) is 0 Å². The van der Waals surface area contributed by atoms with Crippen molar-refractivity contribution in [3.05, 3.63) is 63.3 Å². The molecule has 2 N–H and O–H groups in total. The number of ether oxygens (including phenoxy) is 1. The van der Waals surface area contributed by atoms with Gasteiger partial charge in [-0.1, -0.05) is 41.4 Å². The summed E-state index contributed by atoms with van der Waals surface area (Å²) in [6, 6.07) is 10.4. The summed E-state index contributed by atoms with van der Waals surface area (Å²) in [6.45, 7) is 0. The zero-order valence-corrected chi connectivity index (χ0v) is 11.7. The van der Waals surface area contributed by atoms with Crippen molar-refractivity contribution in [3.63, 3.8) is 0 Å². The number of rotatable bonds is 1. The second-order valence-electron chi connectivity index (χ2n) is 4.42. The topological polar surface area (TPSA) is 49.7 Å². The van der Waals surface area contributed by atoms with Crippen molar-refractivity contribution < 1.29 is 14.9 Å². The van der Waals surface area contributed by atoms with Crippen LogP contribution in [0.3, 0.4) is 0 Å². The predicted molar refractivity (Wildman–Crippen MR) is 78.1 cm³/mol. The van der Waals surface area contributed by atoms with Crippen LogP contribution in [-0.2, 0) is 0 Å². The van der Waals surface area contributed by atoms with E-state index >= 15 is 0 Å². The van der Waals surface area contributed by atoms with Crippen LogP contribution in [0.25, 0.3) is 6.08 Å². The van der Waals surface area contributed by atoms with Crippen molar-refractivity contribution >= 4 is 29.3 Å². The normalized spacial score (nSPS) is 18.9. The standard InChI is InChI=1S/C15H10Cl2O3/c16-10-5-8(6-11(17)15(10)19)7-13-14(18)9-3-1-2-4-12(9)20-13/h1-7,14,18-19H/b13-7+. The summed E-state index contributed by atoms with van der Waals surface area (Å²) in [5.41, 5.74) is 1.36. The van der Waals surface area contributed by atoms with Gasteiger partial charge in [0.2, 0.25) is 0 Å². The van der Waals surface area contributed by atoms with Gasteiger partial charge in [-0.15, -0.1) is 0 Å². The van der Waals surface area contributed by atoms with Gasteiger partial charge < -0.3 is 14.9 Å². The Balaban J connectivity index is 1.99. The van der Waals surface area contributed by atoms with E-state index in [1.54, 1.807) is 30.3 Å². The molecule has 1 heterocycles. The van der Waals surface area contributed by atoms with E-state index in [1.807, 2.05) is 12.1 Å². The summed E-state index contributed by atoms with van der Waals surface area (Å²) < 4.78 is 5.60. The lowest BCUT2D eigenvalue weighted by atomic mass is 10.1. The van der Waals surface area contributed by atoms with Crippen LogP contribution < -0.4 is 4.74 Å². The predicted octanol–water partition coefficient (Wildman–Crippen LogP) is 4.17. The number of phenolic OH excluding ortho intramolecular Hbond substituents is 1. The van der Waals surface area contributed by atoms with E-state index in [0.717, 1.165) is 5.56 Å². The third-order valence-corrected chi connectivity index (χ3v) is 3.64. The van der Waals surface area contributed by atoms with Crippen LogP contribution in [0, 0.1) is 0 Å². The summed E-state index contributed by atoms with van der Waals surface area (Å²) in [5.74, 6) is 0.859. The molecule has 0 saturated heterocycles. The highest BCUT2D eigenvalue weighted by molar-refractivity contribution is 6.37. The fourth-order valence-electron chi connectivity index (χ4n) is 2.08. The second-order valence-corrected chi connectivity index (χ2v) is 5.24. The van der Waals surface area contributed by atoms with Crippen molar-refractivity contribution in [2.45, 2.75) is 6.10 Å². The van der Waals surface area contributed by atoms with Gasteiger partial charge in [-0.05, 0) is 29.8 Å². The molecule has 2 aromatic rings. The number of benzene rings is 2. The van der Waals surface area contributed by atoms with E-state index in [9.17, 15) is 10.2 Å². The van der Waals surface area contributed by atoms with Crippen LogP contribution in [-0.4, -0.2) is 10.2 Å². The number of halogens is 2. The third-order valence-electron chi connectivity index (χ3n) is 3.06. The number of aliphatic hydroxyl groups excluding tert-OH is 1. The first-order chi connectivity index (χ1) is 9.56. The molecule has 0 aromatic heterocycles. The zero-order chi connectivity index (χ0) is 14.3. The number of hydrogen-bond acceptors (Lipinski definition) is 3. The molecule has 0 aliphatic carbocycles. The smallest absolute Gasteiger partial charge is 0.152 e. The Kier molecular flexibility index (Phi) is 3.34. The zero-order valence-electron chi connectivity index (χ0n) is 10.2. The Morgan fingerprint density at radius 1 is 1.10 bits per heavy atom. The Morgan fingerprint density at radius 2 is 1.75 bits per heavy atom. The highest BCUT2D eigenvalue weighted by Gasteiger charge is 2.27. The van der Waals surface area contributed by atoms with Crippen LogP contribution in [0.5, 0.6) is 11.5 Å². The minimum atomic E-state index is -0.822. The monoisotopic (exact) mass is 308 g/mol. The van der Waals surface area contributed by atoms with Gasteiger partial charge in [0.05, 0.1) is 10.0 Å². The van der Waals surface area contributed by atoms with Crippen molar-refractivity contribution in [2.75, 3.05) is 0 Å². The van der Waals surface area contributed by atoms with E-state index in [2.05, 4.69) is 0 Å². The molecule has 5 heteroatoms. The summed E-state index contributed by atoms with van der Waals surface area (Å²) in [6.07, 6.45) is 0.819. The van der Waals surface area contributed by atoms with Gasteiger partial charge in [0.15, 0.2) is 5.75 Å². The number of fused-ring (bicyclic) bond motifs is 1. The number of para-hydroxylation sites is 1. The molecule has 0 spiro atoms. The molecule has 3 rings (SSSR count). The Labute approximate surface area is 125 Å². The maximum atomic E-state index is 10.2. The lowest BCUT2D eigenvalue weighted by molar-refractivity contribution is 0.193. The fourth-order valence-corrected chi connectivity index (χ4v) is 2.58. The minimum absolute atomic E-state index is 0.148. The van der Waals surface area contributed by atoms with Crippen molar-refractivity contribution in [3.8, 4) is 11.5 Å². The first-order valence-electron chi connectivity index (χ1n) is 5.90. The maximum absolute atomic E-state index is 10.2. The van der Waals surface area contributed by atoms with Gasteiger partial charge in [-0.25, -0.2) is 0 Å². The Morgan fingerprint density at radius 3 is 2.40 bits per heavy atom. The Hall–Kier alpha value is -1.68. The van der Waals surface area contributed by atoms with Crippen molar-refractivity contribution in [1.82, 2.24) is 0 Å². The van der Waals surface area contributed by atoms with Crippen LogP contribution in [0.1, 0.15) is 17.2 Å². The number of aromatic hydroxyl groups is 1. The van der Waals surface area contributed by atoms with Crippen LogP contribution >= 0.6 is 23.2 Å². The van der Waals surface area contributed by atoms with E-state index < -0.39 is 6.10 Å². The average Bonchev–Trinajstić information content (AvgIpc) is 2.73. The van der Waals surface area contributed by atoms with Crippen LogP contribution in [0.4, 0.5) is 0 Å². The maximum Gasteiger partial charge on any atom is 0.152 e. The first kappa shape index (κ1) is 13.3. The third kappa shape index (κ3) is 2.24. The number of phenols is 1. The van der Waals surface area contributed by atoms with Crippen LogP contribution in [0.15, 0.2) is 42.2 Å². The van der Waals surface area contributed by atoms with Crippen molar-refractivity contribution in [1.29, 1.82) is 0 Å². The fraction of sp³-hybridized carbons (Fsp3) is 0.0667. The summed E-state index contributed by atoms with van der Waals surface area (Å²) in [7, 11) is 0. The number of hydrogen-bond donors (Lipinski definition) is 2. The molecule has 20 heavy (non-hydrogen) atoms. The van der Waals surface area contributed by atoms with Gasteiger partial charge in [-0.3, -0.25) is 0 Å². The van der Waals surface area contributed by atoms with E-state index in [-0.39, 0.29) is 15.8 Å². The van der Waals surface area contributed by atoms with E-state index in [0.29, 0.717) is 17.1 Å². The molecule has 1 aliphatic rings. The Bertz CT molecular complexity index is 687. The molecule has 0 amide bonds. The molecule has 0 saturated carbocycles. The van der Waals surface area contributed by atoms with Gasteiger partial charge >= 0.3 is 0 Å². The molecule has 0 bridgehead atoms. The molecule has 1 unspecified atom stereocenters. The molecule has 3 nitrogen and oxygen atoms in total. The average molecular weight is 309 g/mol. The summed E-state index contributed by atoms with van der Waals surface area (Å²) in [4.78, 5) is 0. The largest absolute Gasteiger partial charge is 0.505 e. The molecular weight excluding hydrogens is 299 g/mol. The lowest BCUT2D eigenvalue weighted by Gasteiger charge is -2.05. The molecule has 1 aliphatic heterocycles. The second kappa shape index (κ2) is 5.02. The quantitative estimate of drug-likeness (QED) is 0.831. The van der Waals surface area contributed by atoms with E-state index in [4.69, 9.17) is 27.9 Å². The SMILES string of the molecule is Oc1c(Cl)cc(/C=C2/Oc3ccccc3C2O)cc1Cl. The van der Waals surface area contributed by atoms with E-state index in [1.165, 1.54) is 0 Å². The molecule has 2 aromatic carbocycles. The lowest BCUT2D eigenvalue weighted by Crippen LogP contribution is -1.96. The van der Waals surface area contributed by atoms with Crippen LogP contribution in [0.2, 0.25) is 10.0 Å². The molecule has 102 valence electrons. The van der Waals surface area contributed by atoms with Gasteiger partial charge in [0.1, 0.15) is 17.6 Å². The summed E-state index contributed by atoms with van der Waals surface area (Å²) in [5, 5.41) is 20.0. The first-order valence-corrected chi connectivity index (χ1v) is 6.66. The highest BCUT2D eigenvalue weighted by atomic mass is 35.5. The summed E-state index contributed by atoms with van der Waals surface area (Å²) >= 11 is 11.7. The molecule has 1 atom stereocenters. The molecule has 0 radical (unpaired) electrons. The number of aliphatic hydroxyl groups is 1. The van der Waals surface area contributed by atoms with Crippen molar-refractivity contribution in [2.24, 2.45) is 0 Å². The van der Waals surface area contributed by atoms with Gasteiger partial charge in [0, 0.05) is 5.56 Å².